The molecule has 0 unspecified atom stereocenters. The first-order valence-electron chi connectivity index (χ1n) is 6.93. The zero-order chi connectivity index (χ0) is 16.4. The topological polar surface area (TPSA) is 65.4 Å². The zero-order valence-electron chi connectivity index (χ0n) is 12.6. The molecule has 3 rings (SSSR count). The van der Waals surface area contributed by atoms with Crippen molar-refractivity contribution < 1.29 is 0 Å². The van der Waals surface area contributed by atoms with Gasteiger partial charge in [-0.1, -0.05) is 23.7 Å². The van der Waals surface area contributed by atoms with Crippen LogP contribution in [0.3, 0.4) is 0 Å². The number of rotatable bonds is 3. The van der Waals surface area contributed by atoms with Crippen molar-refractivity contribution in [2.24, 2.45) is 0 Å². The van der Waals surface area contributed by atoms with E-state index in [9.17, 15) is 5.26 Å². The minimum atomic E-state index is 0.530. The number of nitriles is 1. The van der Waals surface area contributed by atoms with Crippen molar-refractivity contribution in [3.8, 4) is 17.3 Å². The Morgan fingerprint density at radius 2 is 2.04 bits per heavy atom. The Morgan fingerprint density at radius 1 is 1.30 bits per heavy atom. The molecule has 0 saturated heterocycles. The highest BCUT2D eigenvalue weighted by molar-refractivity contribution is 7.11. The van der Waals surface area contributed by atoms with E-state index >= 15 is 0 Å². The molecule has 1 aromatic carbocycles. The largest absolute Gasteiger partial charge is 0.282 e. The molecule has 0 fully saturated rings. The molecule has 0 amide bonds. The average Bonchev–Trinajstić information content (AvgIpc) is 3.14. The minimum absolute atomic E-state index is 0.530. The number of allylic oxidation sites excluding steroid dienone is 1. The van der Waals surface area contributed by atoms with Crippen LogP contribution in [0.25, 0.3) is 22.9 Å². The van der Waals surface area contributed by atoms with E-state index in [2.05, 4.69) is 21.3 Å². The third kappa shape index (κ3) is 3.19. The van der Waals surface area contributed by atoms with Gasteiger partial charge in [-0.05, 0) is 32.1 Å². The standard InChI is InChI=1S/C17H13ClN4S/c1-10-15(11(2)22-21-10)7-13(8-19)17-20-16(9-23-17)12-3-5-14(18)6-4-12/h3-7,9H,1-2H3,(H,21,22)/b13-7+. The van der Waals surface area contributed by atoms with Crippen molar-refractivity contribution in [2.75, 3.05) is 0 Å². The lowest BCUT2D eigenvalue weighted by atomic mass is 10.1. The number of H-pyrrole nitrogens is 1. The first-order valence-corrected chi connectivity index (χ1v) is 8.19. The second-order valence-electron chi connectivity index (χ2n) is 5.06. The van der Waals surface area contributed by atoms with Crippen molar-refractivity contribution in [1.29, 1.82) is 5.26 Å². The molecule has 6 heteroatoms. The molecule has 114 valence electrons. The number of thiazole rings is 1. The van der Waals surface area contributed by atoms with Crippen LogP contribution in [0.2, 0.25) is 5.02 Å². The number of benzene rings is 1. The van der Waals surface area contributed by atoms with Crippen LogP contribution < -0.4 is 0 Å². The average molecular weight is 341 g/mol. The summed E-state index contributed by atoms with van der Waals surface area (Å²) in [5, 5.41) is 19.9. The van der Waals surface area contributed by atoms with Crippen LogP contribution in [0, 0.1) is 25.2 Å². The second-order valence-corrected chi connectivity index (χ2v) is 6.36. The molecule has 3 aromatic rings. The zero-order valence-corrected chi connectivity index (χ0v) is 14.2. The van der Waals surface area contributed by atoms with Gasteiger partial charge in [0.25, 0.3) is 0 Å². The Labute approximate surface area is 143 Å². The third-order valence-corrected chi connectivity index (χ3v) is 4.60. The van der Waals surface area contributed by atoms with E-state index in [4.69, 9.17) is 11.6 Å². The van der Waals surface area contributed by atoms with Crippen LogP contribution in [-0.2, 0) is 0 Å². The molecule has 0 aliphatic carbocycles. The number of nitrogens with one attached hydrogen (secondary N) is 1. The van der Waals surface area contributed by atoms with Gasteiger partial charge in [0.15, 0.2) is 0 Å². The molecule has 0 bridgehead atoms. The third-order valence-electron chi connectivity index (χ3n) is 3.47. The van der Waals surface area contributed by atoms with E-state index in [0.29, 0.717) is 15.6 Å². The minimum Gasteiger partial charge on any atom is -0.282 e. The summed E-state index contributed by atoms with van der Waals surface area (Å²) >= 11 is 7.36. The summed E-state index contributed by atoms with van der Waals surface area (Å²) < 4.78 is 0. The predicted molar refractivity (Wildman–Crippen MR) is 94.1 cm³/mol. The summed E-state index contributed by atoms with van der Waals surface area (Å²) in [7, 11) is 0. The SMILES string of the molecule is Cc1n[nH]c(C)c1/C=C(\C#N)c1nc(-c2ccc(Cl)cc2)cs1. The van der Waals surface area contributed by atoms with Crippen molar-refractivity contribution in [2.45, 2.75) is 13.8 Å². The fourth-order valence-corrected chi connectivity index (χ4v) is 3.13. The summed E-state index contributed by atoms with van der Waals surface area (Å²) in [6.07, 6.45) is 1.83. The quantitative estimate of drug-likeness (QED) is 0.692. The maximum absolute atomic E-state index is 9.48. The number of aromatic amines is 1. The molecule has 0 spiro atoms. The van der Waals surface area contributed by atoms with E-state index in [1.807, 2.05) is 49.6 Å². The maximum Gasteiger partial charge on any atom is 0.134 e. The van der Waals surface area contributed by atoms with Gasteiger partial charge >= 0.3 is 0 Å². The molecule has 0 saturated carbocycles. The summed E-state index contributed by atoms with van der Waals surface area (Å²) in [4.78, 5) is 4.58. The smallest absolute Gasteiger partial charge is 0.134 e. The summed E-state index contributed by atoms with van der Waals surface area (Å²) in [6.45, 7) is 3.84. The van der Waals surface area contributed by atoms with Gasteiger partial charge in [0.1, 0.15) is 11.1 Å². The van der Waals surface area contributed by atoms with Crippen LogP contribution in [0.4, 0.5) is 0 Å². The molecular weight excluding hydrogens is 328 g/mol. The normalized spacial score (nSPS) is 11.5. The molecular formula is C17H13ClN4S. The van der Waals surface area contributed by atoms with Crippen LogP contribution in [0.1, 0.15) is 22.0 Å². The Kier molecular flexibility index (Phi) is 4.28. The van der Waals surface area contributed by atoms with Gasteiger partial charge < -0.3 is 0 Å². The highest BCUT2D eigenvalue weighted by Gasteiger charge is 2.11. The molecule has 23 heavy (non-hydrogen) atoms. The van der Waals surface area contributed by atoms with Crippen molar-refractivity contribution >= 4 is 34.6 Å². The molecule has 0 radical (unpaired) electrons. The van der Waals surface area contributed by atoms with Crippen LogP contribution in [0.5, 0.6) is 0 Å². The summed E-state index contributed by atoms with van der Waals surface area (Å²) in [5.41, 5.74) is 5.08. The molecule has 0 aliphatic rings. The molecule has 2 aromatic heterocycles. The van der Waals surface area contributed by atoms with Crippen LogP contribution in [0.15, 0.2) is 29.6 Å². The Morgan fingerprint density at radius 3 is 2.65 bits per heavy atom. The second kappa shape index (κ2) is 6.37. The Balaban J connectivity index is 1.98. The Hall–Kier alpha value is -2.42. The lowest BCUT2D eigenvalue weighted by Crippen LogP contribution is -1.84. The highest BCUT2D eigenvalue weighted by Crippen LogP contribution is 2.28. The molecule has 4 nitrogen and oxygen atoms in total. The van der Waals surface area contributed by atoms with Crippen molar-refractivity contribution in [1.82, 2.24) is 15.2 Å². The van der Waals surface area contributed by atoms with E-state index < -0.39 is 0 Å². The van der Waals surface area contributed by atoms with E-state index in [0.717, 1.165) is 28.2 Å². The van der Waals surface area contributed by atoms with Gasteiger partial charge in [-0.25, -0.2) is 4.98 Å². The summed E-state index contributed by atoms with van der Waals surface area (Å²) in [6, 6.07) is 9.72. The number of nitrogens with zero attached hydrogens (tertiary/aromatic N) is 3. The maximum atomic E-state index is 9.48. The number of aromatic nitrogens is 3. The van der Waals surface area contributed by atoms with Crippen LogP contribution in [-0.4, -0.2) is 15.2 Å². The molecule has 1 N–H and O–H groups in total. The van der Waals surface area contributed by atoms with E-state index in [1.165, 1.54) is 11.3 Å². The van der Waals surface area contributed by atoms with E-state index in [-0.39, 0.29) is 0 Å². The molecule has 2 heterocycles. The van der Waals surface area contributed by atoms with Gasteiger partial charge in [0, 0.05) is 27.2 Å². The first kappa shape index (κ1) is 15.5. The number of halogens is 1. The monoisotopic (exact) mass is 340 g/mol. The van der Waals surface area contributed by atoms with Gasteiger partial charge in [-0.3, -0.25) is 5.10 Å². The van der Waals surface area contributed by atoms with E-state index in [1.54, 1.807) is 0 Å². The van der Waals surface area contributed by atoms with Crippen molar-refractivity contribution in [3.05, 3.63) is 56.6 Å². The fourth-order valence-electron chi connectivity index (χ4n) is 2.21. The van der Waals surface area contributed by atoms with Crippen LogP contribution >= 0.6 is 22.9 Å². The van der Waals surface area contributed by atoms with Gasteiger partial charge in [-0.2, -0.15) is 10.4 Å². The van der Waals surface area contributed by atoms with Crippen molar-refractivity contribution in [3.63, 3.8) is 0 Å². The number of aryl methyl sites for hydroxylation is 2. The highest BCUT2D eigenvalue weighted by atomic mass is 35.5. The van der Waals surface area contributed by atoms with Gasteiger partial charge in [-0.15, -0.1) is 11.3 Å². The van der Waals surface area contributed by atoms with Gasteiger partial charge in [0.2, 0.25) is 0 Å². The molecule has 0 atom stereocenters. The lowest BCUT2D eigenvalue weighted by molar-refractivity contribution is 1.02. The lowest BCUT2D eigenvalue weighted by Gasteiger charge is -1.97. The Bertz CT molecular complexity index is 893. The number of hydrogen-bond donors (Lipinski definition) is 1. The van der Waals surface area contributed by atoms with Gasteiger partial charge in [0.05, 0.1) is 17.0 Å². The summed E-state index contributed by atoms with van der Waals surface area (Å²) in [5.74, 6) is 0. The molecule has 0 aliphatic heterocycles. The first-order chi connectivity index (χ1) is 11.1. The fraction of sp³-hybridized carbons (Fsp3) is 0.118. The predicted octanol–water partition coefficient (Wildman–Crippen LogP) is 4.87. The number of hydrogen-bond acceptors (Lipinski definition) is 4.